The highest BCUT2D eigenvalue weighted by molar-refractivity contribution is 5.78. The van der Waals surface area contributed by atoms with Crippen LogP contribution in [-0.2, 0) is 4.79 Å². The van der Waals surface area contributed by atoms with Gasteiger partial charge in [-0.05, 0) is 36.7 Å². The third kappa shape index (κ3) is 1.49. The Morgan fingerprint density at radius 3 is 2.62 bits per heavy atom. The van der Waals surface area contributed by atoms with E-state index in [9.17, 15) is 4.79 Å². The highest BCUT2D eigenvalue weighted by atomic mass is 16.1. The highest BCUT2D eigenvalue weighted by Gasteiger charge is 2.48. The molecule has 0 radical (unpaired) electrons. The van der Waals surface area contributed by atoms with Crippen LogP contribution in [0.2, 0.25) is 0 Å². The minimum atomic E-state index is 0.0718. The van der Waals surface area contributed by atoms with Gasteiger partial charge in [-0.1, -0.05) is 39.3 Å². The number of allylic oxidation sites excluding steroid dienone is 4. The Kier molecular flexibility index (Phi) is 2.60. The topological polar surface area (TPSA) is 17.1 Å². The van der Waals surface area contributed by atoms with Crippen LogP contribution < -0.4 is 0 Å². The average molecular weight is 218 g/mol. The van der Waals surface area contributed by atoms with Gasteiger partial charge in [0.25, 0.3) is 0 Å². The second-order valence-electron chi connectivity index (χ2n) is 6.31. The summed E-state index contributed by atoms with van der Waals surface area (Å²) in [6.07, 6.45) is 9.22. The van der Waals surface area contributed by atoms with Crippen molar-refractivity contribution < 1.29 is 4.79 Å². The molecule has 0 bridgehead atoms. The van der Waals surface area contributed by atoms with Crippen LogP contribution in [0.25, 0.3) is 0 Å². The molecule has 2 rings (SSSR count). The normalized spacial score (nSPS) is 37.1. The van der Waals surface area contributed by atoms with Gasteiger partial charge in [-0.15, -0.1) is 0 Å². The Bertz CT molecular complexity index is 373. The summed E-state index contributed by atoms with van der Waals surface area (Å²) in [6.45, 7) is 9.00. The summed E-state index contributed by atoms with van der Waals surface area (Å²) in [6, 6.07) is 0. The van der Waals surface area contributed by atoms with E-state index in [2.05, 4.69) is 39.8 Å². The van der Waals surface area contributed by atoms with Gasteiger partial charge in [0.1, 0.15) is 6.29 Å². The number of aldehydes is 1. The minimum absolute atomic E-state index is 0.0718. The van der Waals surface area contributed by atoms with Gasteiger partial charge in [0.05, 0.1) is 0 Å². The lowest BCUT2D eigenvalue weighted by Gasteiger charge is -2.51. The van der Waals surface area contributed by atoms with Gasteiger partial charge in [0.15, 0.2) is 0 Å². The summed E-state index contributed by atoms with van der Waals surface area (Å²) in [7, 11) is 0. The van der Waals surface area contributed by atoms with Crippen LogP contribution in [0.1, 0.15) is 47.0 Å². The van der Waals surface area contributed by atoms with Crippen LogP contribution in [0.5, 0.6) is 0 Å². The first-order valence-corrected chi connectivity index (χ1v) is 6.26. The number of carbonyl (C=O) groups is 1. The Hall–Kier alpha value is -0.850. The third-order valence-electron chi connectivity index (χ3n) is 4.74. The Balaban J connectivity index is 2.51. The zero-order chi connectivity index (χ0) is 12.0. The SMILES string of the molecule is CC1=C(C=O)[C@@]2(C)CCCC(C)(C)C2C=C1. The van der Waals surface area contributed by atoms with Crippen molar-refractivity contribution in [1.29, 1.82) is 0 Å². The van der Waals surface area contributed by atoms with Crippen LogP contribution in [0, 0.1) is 16.7 Å². The molecule has 1 fully saturated rings. The maximum absolute atomic E-state index is 11.3. The van der Waals surface area contributed by atoms with Crippen molar-refractivity contribution in [3.05, 3.63) is 23.3 Å². The molecule has 2 atom stereocenters. The molecule has 88 valence electrons. The van der Waals surface area contributed by atoms with Gasteiger partial charge < -0.3 is 0 Å². The molecule has 0 saturated heterocycles. The fourth-order valence-corrected chi connectivity index (χ4v) is 3.87. The molecule has 0 N–H and O–H groups in total. The molecular weight excluding hydrogens is 196 g/mol. The van der Waals surface area contributed by atoms with E-state index >= 15 is 0 Å². The molecule has 0 aliphatic heterocycles. The monoisotopic (exact) mass is 218 g/mol. The number of hydrogen-bond acceptors (Lipinski definition) is 1. The van der Waals surface area contributed by atoms with E-state index < -0.39 is 0 Å². The van der Waals surface area contributed by atoms with E-state index in [1.807, 2.05) is 0 Å². The highest BCUT2D eigenvalue weighted by Crippen LogP contribution is 2.56. The Morgan fingerprint density at radius 1 is 1.31 bits per heavy atom. The second-order valence-corrected chi connectivity index (χ2v) is 6.31. The van der Waals surface area contributed by atoms with Gasteiger partial charge >= 0.3 is 0 Å². The summed E-state index contributed by atoms with van der Waals surface area (Å²) in [5, 5.41) is 0. The summed E-state index contributed by atoms with van der Waals surface area (Å²) < 4.78 is 0. The van der Waals surface area contributed by atoms with Crippen molar-refractivity contribution in [2.24, 2.45) is 16.7 Å². The fraction of sp³-hybridized carbons (Fsp3) is 0.667. The van der Waals surface area contributed by atoms with Crippen LogP contribution in [0.4, 0.5) is 0 Å². The molecule has 1 nitrogen and oxygen atoms in total. The standard InChI is InChI=1S/C15H22O/c1-11-6-7-13-14(2,3)8-5-9-15(13,4)12(11)10-16/h6-7,10,13H,5,8-9H2,1-4H3/t13?,15-/m1/s1. The maximum atomic E-state index is 11.3. The zero-order valence-corrected chi connectivity index (χ0v) is 10.8. The second kappa shape index (κ2) is 3.58. The Morgan fingerprint density at radius 2 is 2.00 bits per heavy atom. The van der Waals surface area contributed by atoms with Crippen LogP contribution in [-0.4, -0.2) is 6.29 Å². The first kappa shape index (κ1) is 11.6. The molecule has 1 unspecified atom stereocenters. The molecule has 0 aromatic heterocycles. The third-order valence-corrected chi connectivity index (χ3v) is 4.74. The van der Waals surface area contributed by atoms with E-state index in [4.69, 9.17) is 0 Å². The lowest BCUT2D eigenvalue weighted by molar-refractivity contribution is -0.106. The van der Waals surface area contributed by atoms with Gasteiger partial charge in [0.2, 0.25) is 0 Å². The van der Waals surface area contributed by atoms with Crippen molar-refractivity contribution in [3.8, 4) is 0 Å². The van der Waals surface area contributed by atoms with Gasteiger partial charge in [-0.2, -0.15) is 0 Å². The predicted molar refractivity (Wildman–Crippen MR) is 67.1 cm³/mol. The van der Waals surface area contributed by atoms with Gasteiger partial charge in [0, 0.05) is 11.0 Å². The molecule has 0 aromatic rings. The molecule has 2 aliphatic carbocycles. The maximum Gasteiger partial charge on any atom is 0.146 e. The molecule has 16 heavy (non-hydrogen) atoms. The van der Waals surface area contributed by atoms with E-state index in [0.717, 1.165) is 23.9 Å². The molecule has 0 amide bonds. The van der Waals surface area contributed by atoms with E-state index in [1.165, 1.54) is 12.8 Å². The van der Waals surface area contributed by atoms with Gasteiger partial charge in [-0.3, -0.25) is 4.79 Å². The molecular formula is C15H22O. The van der Waals surface area contributed by atoms with Crippen molar-refractivity contribution in [2.75, 3.05) is 0 Å². The van der Waals surface area contributed by atoms with Crippen molar-refractivity contribution in [3.63, 3.8) is 0 Å². The van der Waals surface area contributed by atoms with E-state index in [-0.39, 0.29) is 5.41 Å². The summed E-state index contributed by atoms with van der Waals surface area (Å²) in [5.74, 6) is 0.512. The smallest absolute Gasteiger partial charge is 0.146 e. The fourth-order valence-electron chi connectivity index (χ4n) is 3.87. The number of rotatable bonds is 1. The Labute approximate surface area is 98.6 Å². The lowest BCUT2D eigenvalue weighted by atomic mass is 9.52. The molecule has 0 aromatic carbocycles. The quantitative estimate of drug-likeness (QED) is 0.610. The number of fused-ring (bicyclic) bond motifs is 1. The summed E-state index contributed by atoms with van der Waals surface area (Å²) >= 11 is 0. The van der Waals surface area contributed by atoms with Crippen LogP contribution in [0.15, 0.2) is 23.3 Å². The van der Waals surface area contributed by atoms with E-state index in [0.29, 0.717) is 11.3 Å². The summed E-state index contributed by atoms with van der Waals surface area (Å²) in [4.78, 5) is 11.3. The summed E-state index contributed by atoms with van der Waals surface area (Å²) in [5.41, 5.74) is 2.58. The average Bonchev–Trinajstić information content (AvgIpc) is 2.15. The van der Waals surface area contributed by atoms with Crippen molar-refractivity contribution >= 4 is 6.29 Å². The van der Waals surface area contributed by atoms with E-state index in [1.54, 1.807) is 0 Å². The lowest BCUT2D eigenvalue weighted by Crippen LogP contribution is -2.44. The molecule has 2 aliphatic rings. The minimum Gasteiger partial charge on any atom is -0.298 e. The molecule has 0 spiro atoms. The van der Waals surface area contributed by atoms with Crippen molar-refractivity contribution in [2.45, 2.75) is 47.0 Å². The largest absolute Gasteiger partial charge is 0.298 e. The first-order valence-electron chi connectivity index (χ1n) is 6.26. The zero-order valence-electron chi connectivity index (χ0n) is 10.8. The van der Waals surface area contributed by atoms with Crippen LogP contribution in [0.3, 0.4) is 0 Å². The molecule has 0 heterocycles. The van der Waals surface area contributed by atoms with Crippen molar-refractivity contribution in [1.82, 2.24) is 0 Å². The first-order chi connectivity index (χ1) is 7.42. The van der Waals surface area contributed by atoms with Crippen LogP contribution >= 0.6 is 0 Å². The van der Waals surface area contributed by atoms with Gasteiger partial charge in [-0.25, -0.2) is 0 Å². The number of hydrogen-bond donors (Lipinski definition) is 0. The molecule has 1 heteroatoms. The predicted octanol–water partition coefficient (Wildman–Crippen LogP) is 3.90. The number of carbonyl (C=O) groups excluding carboxylic acids is 1. The molecule has 1 saturated carbocycles.